The van der Waals surface area contributed by atoms with Crippen LogP contribution < -0.4 is 10.6 Å². The van der Waals surface area contributed by atoms with Gasteiger partial charge in [-0.3, -0.25) is 9.48 Å². The van der Waals surface area contributed by atoms with Crippen LogP contribution in [0.2, 0.25) is 0 Å². The third kappa shape index (κ3) is 5.35. The van der Waals surface area contributed by atoms with E-state index in [1.165, 1.54) is 0 Å². The Kier molecular flexibility index (Phi) is 10.5. The van der Waals surface area contributed by atoms with Gasteiger partial charge in [-0.2, -0.15) is 5.10 Å². The molecule has 0 radical (unpaired) electrons. The quantitative estimate of drug-likeness (QED) is 0.763. The normalized spacial score (nSPS) is 16.3. The third-order valence-electron chi connectivity index (χ3n) is 4.40. The van der Waals surface area contributed by atoms with Crippen LogP contribution in [-0.4, -0.2) is 59.9 Å². The van der Waals surface area contributed by atoms with Crippen molar-refractivity contribution in [3.63, 3.8) is 0 Å². The molecule has 1 aromatic rings. The summed E-state index contributed by atoms with van der Waals surface area (Å²) in [5, 5.41) is 10.8. The van der Waals surface area contributed by atoms with Crippen molar-refractivity contribution < 1.29 is 4.79 Å². The van der Waals surface area contributed by atoms with Gasteiger partial charge in [0.15, 0.2) is 0 Å². The van der Waals surface area contributed by atoms with Crippen LogP contribution in [0.3, 0.4) is 0 Å². The first-order valence-electron chi connectivity index (χ1n) is 7.94. The van der Waals surface area contributed by atoms with Crippen molar-refractivity contribution in [1.82, 2.24) is 25.3 Å². The summed E-state index contributed by atoms with van der Waals surface area (Å²) >= 11 is 0. The number of hydrogen-bond donors (Lipinski definition) is 2. The Balaban J connectivity index is 0.00000242. The van der Waals surface area contributed by atoms with E-state index in [0.29, 0.717) is 6.54 Å². The molecule has 0 unspecified atom stereocenters. The van der Waals surface area contributed by atoms with Crippen LogP contribution in [0.1, 0.15) is 26.7 Å². The first-order chi connectivity index (χ1) is 10.2. The highest BCUT2D eigenvalue weighted by Gasteiger charge is 2.41. The van der Waals surface area contributed by atoms with Crippen LogP contribution in [0.4, 0.5) is 0 Å². The standard InChI is InChI=1S/C15H27N5O.2ClH/c1-3-19(4-2)13-11-17-14(21)15(6-9-16-10-7-15)20-12-5-8-18-20;;/h5,8,12,16H,3-4,6-7,9-11,13H2,1-2H3,(H,17,21);2*1H. The van der Waals surface area contributed by atoms with E-state index in [0.717, 1.165) is 45.6 Å². The summed E-state index contributed by atoms with van der Waals surface area (Å²) in [4.78, 5) is 15.1. The SMILES string of the molecule is CCN(CC)CCNC(=O)C1(n2cccn2)CCNCC1.Cl.Cl. The minimum absolute atomic E-state index is 0. The lowest BCUT2D eigenvalue weighted by Crippen LogP contribution is -2.55. The molecule has 23 heavy (non-hydrogen) atoms. The lowest BCUT2D eigenvalue weighted by atomic mass is 9.87. The summed E-state index contributed by atoms with van der Waals surface area (Å²) in [5.74, 6) is 0.0971. The second-order valence-electron chi connectivity index (χ2n) is 5.52. The summed E-state index contributed by atoms with van der Waals surface area (Å²) < 4.78 is 1.83. The molecule has 1 aliphatic rings. The van der Waals surface area contributed by atoms with Crippen molar-refractivity contribution in [1.29, 1.82) is 0 Å². The zero-order chi connectivity index (χ0) is 15.1. The van der Waals surface area contributed by atoms with Gasteiger partial charge in [0.2, 0.25) is 5.91 Å². The minimum atomic E-state index is -0.530. The fourth-order valence-electron chi connectivity index (χ4n) is 2.95. The number of carbonyl (C=O) groups is 1. The van der Waals surface area contributed by atoms with Crippen molar-refractivity contribution in [2.24, 2.45) is 0 Å². The van der Waals surface area contributed by atoms with E-state index in [9.17, 15) is 4.79 Å². The van der Waals surface area contributed by atoms with E-state index in [1.807, 2.05) is 16.9 Å². The van der Waals surface area contributed by atoms with Gasteiger partial charge in [0, 0.05) is 25.5 Å². The molecule has 0 saturated carbocycles. The van der Waals surface area contributed by atoms with Gasteiger partial charge in [-0.25, -0.2) is 0 Å². The number of piperidine rings is 1. The van der Waals surface area contributed by atoms with Crippen LogP contribution in [0.25, 0.3) is 0 Å². The molecule has 1 saturated heterocycles. The van der Waals surface area contributed by atoms with E-state index in [2.05, 4.69) is 34.5 Å². The topological polar surface area (TPSA) is 62.2 Å². The number of amides is 1. The van der Waals surface area contributed by atoms with Crippen molar-refractivity contribution in [2.45, 2.75) is 32.2 Å². The Bertz CT molecular complexity index is 431. The number of aromatic nitrogens is 2. The molecule has 2 N–H and O–H groups in total. The smallest absolute Gasteiger partial charge is 0.248 e. The molecule has 2 rings (SSSR count). The summed E-state index contributed by atoms with van der Waals surface area (Å²) in [7, 11) is 0. The molecule has 0 spiro atoms. The highest BCUT2D eigenvalue weighted by Crippen LogP contribution is 2.26. The Labute approximate surface area is 151 Å². The summed E-state index contributed by atoms with van der Waals surface area (Å²) in [6.45, 7) is 9.60. The molecule has 1 aromatic heterocycles. The van der Waals surface area contributed by atoms with Gasteiger partial charge in [-0.05, 0) is 45.1 Å². The lowest BCUT2D eigenvalue weighted by Gasteiger charge is -2.36. The molecular weight excluding hydrogens is 337 g/mol. The molecule has 6 nitrogen and oxygen atoms in total. The van der Waals surface area contributed by atoms with Crippen LogP contribution >= 0.6 is 24.8 Å². The van der Waals surface area contributed by atoms with Crippen LogP contribution in [0, 0.1) is 0 Å². The number of likely N-dealkylation sites (N-methyl/N-ethyl adjacent to an activating group) is 1. The largest absolute Gasteiger partial charge is 0.353 e. The fraction of sp³-hybridized carbons (Fsp3) is 0.733. The molecule has 1 fully saturated rings. The summed E-state index contributed by atoms with van der Waals surface area (Å²) in [5.41, 5.74) is -0.530. The molecule has 1 aliphatic heterocycles. The van der Waals surface area contributed by atoms with E-state index < -0.39 is 5.54 Å². The van der Waals surface area contributed by atoms with E-state index in [4.69, 9.17) is 0 Å². The molecule has 0 aromatic carbocycles. The Morgan fingerprint density at radius 2 is 1.96 bits per heavy atom. The average Bonchev–Trinajstić information content (AvgIpc) is 3.07. The zero-order valence-electron chi connectivity index (χ0n) is 14.0. The van der Waals surface area contributed by atoms with Gasteiger partial charge in [-0.1, -0.05) is 13.8 Å². The molecule has 0 bridgehead atoms. The minimum Gasteiger partial charge on any atom is -0.353 e. The third-order valence-corrected chi connectivity index (χ3v) is 4.40. The number of hydrogen-bond acceptors (Lipinski definition) is 4. The number of halogens is 2. The maximum atomic E-state index is 12.8. The lowest BCUT2D eigenvalue weighted by molar-refractivity contribution is -0.132. The monoisotopic (exact) mass is 365 g/mol. The molecule has 134 valence electrons. The molecule has 2 heterocycles. The highest BCUT2D eigenvalue weighted by atomic mass is 35.5. The van der Waals surface area contributed by atoms with Gasteiger partial charge < -0.3 is 15.5 Å². The van der Waals surface area contributed by atoms with E-state index in [1.54, 1.807) is 6.20 Å². The molecule has 8 heteroatoms. The number of nitrogens with zero attached hydrogens (tertiary/aromatic N) is 3. The number of rotatable bonds is 7. The van der Waals surface area contributed by atoms with Gasteiger partial charge >= 0.3 is 0 Å². The number of nitrogens with one attached hydrogen (secondary N) is 2. The molecule has 0 aliphatic carbocycles. The predicted molar refractivity (Wildman–Crippen MR) is 97.6 cm³/mol. The summed E-state index contributed by atoms with van der Waals surface area (Å²) in [6, 6.07) is 1.88. The second kappa shape index (κ2) is 10.9. The van der Waals surface area contributed by atoms with Gasteiger partial charge in [0.25, 0.3) is 0 Å². The molecule has 1 amide bonds. The van der Waals surface area contributed by atoms with Gasteiger partial charge in [0.05, 0.1) is 0 Å². The van der Waals surface area contributed by atoms with Crippen molar-refractivity contribution in [3.05, 3.63) is 18.5 Å². The summed E-state index contributed by atoms with van der Waals surface area (Å²) in [6.07, 6.45) is 5.21. The van der Waals surface area contributed by atoms with Crippen molar-refractivity contribution in [2.75, 3.05) is 39.3 Å². The Morgan fingerprint density at radius 1 is 1.30 bits per heavy atom. The van der Waals surface area contributed by atoms with Crippen molar-refractivity contribution in [3.8, 4) is 0 Å². The highest BCUT2D eigenvalue weighted by molar-refractivity contribution is 5.85. The van der Waals surface area contributed by atoms with E-state index >= 15 is 0 Å². The fourth-order valence-corrected chi connectivity index (χ4v) is 2.95. The van der Waals surface area contributed by atoms with Crippen LogP contribution in [0.15, 0.2) is 18.5 Å². The maximum absolute atomic E-state index is 12.8. The second-order valence-corrected chi connectivity index (χ2v) is 5.52. The van der Waals surface area contributed by atoms with Gasteiger partial charge in [0.1, 0.15) is 5.54 Å². The molecule has 0 atom stereocenters. The zero-order valence-corrected chi connectivity index (χ0v) is 15.6. The Hall–Kier alpha value is -0.820. The first kappa shape index (κ1) is 22.2. The van der Waals surface area contributed by atoms with Crippen LogP contribution in [-0.2, 0) is 10.3 Å². The van der Waals surface area contributed by atoms with Crippen molar-refractivity contribution >= 4 is 30.7 Å². The molecular formula is C15H29Cl2N5O. The maximum Gasteiger partial charge on any atom is 0.248 e. The van der Waals surface area contributed by atoms with Crippen LogP contribution in [0.5, 0.6) is 0 Å². The first-order valence-corrected chi connectivity index (χ1v) is 7.94. The average molecular weight is 366 g/mol. The Morgan fingerprint density at radius 3 is 2.48 bits per heavy atom. The van der Waals surface area contributed by atoms with Gasteiger partial charge in [-0.15, -0.1) is 24.8 Å². The predicted octanol–water partition coefficient (Wildman–Crippen LogP) is 1.26. The van der Waals surface area contributed by atoms with E-state index in [-0.39, 0.29) is 30.7 Å². The number of carbonyl (C=O) groups excluding carboxylic acids is 1.